The zero-order valence-electron chi connectivity index (χ0n) is 12.2. The first-order valence-electron chi connectivity index (χ1n) is 6.70. The molecule has 112 valence electrons. The van der Waals surface area contributed by atoms with E-state index < -0.39 is 17.2 Å². The Morgan fingerprint density at radius 1 is 1.55 bits per heavy atom. The number of rotatable bonds is 3. The van der Waals surface area contributed by atoms with E-state index in [0.29, 0.717) is 19.4 Å². The minimum Gasteiger partial charge on any atom is -0.444 e. The molecule has 1 fully saturated rings. The fraction of sp³-hybridized carbons (Fsp3) is 0.846. The van der Waals surface area contributed by atoms with Crippen molar-refractivity contribution in [2.45, 2.75) is 57.6 Å². The Morgan fingerprint density at radius 3 is 2.70 bits per heavy atom. The first kappa shape index (κ1) is 16.2. The molecule has 0 aromatic carbocycles. The van der Waals surface area contributed by atoms with Crippen molar-refractivity contribution in [3.8, 4) is 6.07 Å². The molecular weight excluding hydrogens is 262 g/mol. The number of nitrogens with zero attached hydrogens (tertiary/aromatic N) is 3. The van der Waals surface area contributed by atoms with Crippen molar-refractivity contribution in [1.82, 2.24) is 4.90 Å². The van der Waals surface area contributed by atoms with Crippen LogP contribution in [0.1, 0.15) is 46.5 Å². The summed E-state index contributed by atoms with van der Waals surface area (Å²) in [7, 11) is 0. The molecule has 0 radical (unpaired) electrons. The van der Waals surface area contributed by atoms with Crippen LogP contribution in [0.2, 0.25) is 0 Å². The van der Waals surface area contributed by atoms with Gasteiger partial charge in [-0.15, -0.1) is 0 Å². The molecule has 0 aliphatic carbocycles. The van der Waals surface area contributed by atoms with E-state index >= 15 is 0 Å². The van der Waals surface area contributed by atoms with Crippen LogP contribution < -0.4 is 0 Å². The number of ether oxygens (including phenoxy) is 1. The van der Waals surface area contributed by atoms with E-state index in [-0.39, 0.29) is 24.3 Å². The molecule has 0 aromatic heterocycles. The van der Waals surface area contributed by atoms with E-state index in [1.165, 1.54) is 4.90 Å². The van der Waals surface area contributed by atoms with E-state index in [2.05, 4.69) is 0 Å². The highest BCUT2D eigenvalue weighted by Crippen LogP contribution is 2.29. The number of carbonyl (C=O) groups is 1. The maximum atomic E-state index is 12.0. The van der Waals surface area contributed by atoms with Crippen molar-refractivity contribution in [2.75, 3.05) is 13.1 Å². The highest BCUT2D eigenvalue weighted by molar-refractivity contribution is 5.68. The molecule has 1 heterocycles. The third kappa shape index (κ3) is 4.08. The highest BCUT2D eigenvalue weighted by Gasteiger charge is 2.47. The fourth-order valence-electron chi connectivity index (χ4n) is 2.33. The molecule has 1 unspecified atom stereocenters. The lowest BCUT2D eigenvalue weighted by Crippen LogP contribution is -2.55. The first-order chi connectivity index (χ1) is 9.20. The second-order valence-electron chi connectivity index (χ2n) is 6.15. The number of hydrogen-bond acceptors (Lipinski definition) is 5. The molecule has 20 heavy (non-hydrogen) atoms. The summed E-state index contributed by atoms with van der Waals surface area (Å²) in [5, 5.41) is 20.0. The van der Waals surface area contributed by atoms with Crippen LogP contribution in [0.5, 0.6) is 0 Å². The Hall–Kier alpha value is -1.84. The summed E-state index contributed by atoms with van der Waals surface area (Å²) in [6, 6.07) is 1.94. The smallest absolute Gasteiger partial charge is 0.410 e. The van der Waals surface area contributed by atoms with Crippen LogP contribution in [0.15, 0.2) is 0 Å². The molecule has 1 amide bonds. The van der Waals surface area contributed by atoms with Crippen molar-refractivity contribution >= 4 is 6.09 Å². The summed E-state index contributed by atoms with van der Waals surface area (Å²) in [4.78, 5) is 24.4. The van der Waals surface area contributed by atoms with Gasteiger partial charge in [0.25, 0.3) is 0 Å². The van der Waals surface area contributed by atoms with E-state index in [9.17, 15) is 14.9 Å². The largest absolute Gasteiger partial charge is 0.444 e. The number of likely N-dealkylation sites (tertiary alicyclic amines) is 1. The fourth-order valence-corrected chi connectivity index (χ4v) is 2.33. The molecule has 1 aliphatic rings. The summed E-state index contributed by atoms with van der Waals surface area (Å²) in [5.41, 5.74) is -1.84. The van der Waals surface area contributed by atoms with Crippen LogP contribution >= 0.6 is 0 Å². The zero-order chi connectivity index (χ0) is 15.4. The molecule has 1 aliphatic heterocycles. The second kappa shape index (κ2) is 6.07. The molecule has 1 rings (SSSR count). The van der Waals surface area contributed by atoms with Gasteiger partial charge in [0.15, 0.2) is 0 Å². The van der Waals surface area contributed by atoms with Gasteiger partial charge in [-0.2, -0.15) is 5.26 Å². The maximum absolute atomic E-state index is 12.0. The molecule has 7 heteroatoms. The predicted molar refractivity (Wildman–Crippen MR) is 71.6 cm³/mol. The molecule has 0 N–H and O–H groups in total. The van der Waals surface area contributed by atoms with Gasteiger partial charge in [0.1, 0.15) is 5.60 Å². The third-order valence-electron chi connectivity index (χ3n) is 3.30. The molecule has 1 atom stereocenters. The highest BCUT2D eigenvalue weighted by atomic mass is 16.6. The number of nitro groups is 1. The van der Waals surface area contributed by atoms with Crippen LogP contribution in [0.25, 0.3) is 0 Å². The molecule has 0 aromatic rings. The second-order valence-corrected chi connectivity index (χ2v) is 6.15. The molecule has 1 saturated heterocycles. The SMILES string of the molecule is CC(C)(C)OC(=O)N1CCCC(CCC#N)([N+](=O)[O-])C1. The summed E-state index contributed by atoms with van der Waals surface area (Å²) in [6.07, 6.45) is 0.686. The topological polar surface area (TPSA) is 96.5 Å². The van der Waals surface area contributed by atoms with Crippen LogP contribution in [0, 0.1) is 21.4 Å². The Balaban J connectivity index is 2.80. The van der Waals surface area contributed by atoms with Crippen LogP contribution in [0.3, 0.4) is 0 Å². The van der Waals surface area contributed by atoms with Crippen molar-refractivity contribution in [2.24, 2.45) is 0 Å². The van der Waals surface area contributed by atoms with Gasteiger partial charge in [-0.1, -0.05) is 0 Å². The predicted octanol–water partition coefficient (Wildman–Crippen LogP) is 2.34. The van der Waals surface area contributed by atoms with Crippen LogP contribution in [-0.2, 0) is 4.74 Å². The Kier molecular flexibility index (Phi) is 4.93. The van der Waals surface area contributed by atoms with E-state index in [4.69, 9.17) is 10.00 Å². The van der Waals surface area contributed by atoms with Crippen molar-refractivity contribution in [3.05, 3.63) is 10.1 Å². The average molecular weight is 283 g/mol. The molecule has 0 saturated carbocycles. The van der Waals surface area contributed by atoms with E-state index in [0.717, 1.165) is 0 Å². The Labute approximate surface area is 118 Å². The van der Waals surface area contributed by atoms with E-state index in [1.54, 1.807) is 20.8 Å². The van der Waals surface area contributed by atoms with Gasteiger partial charge in [0, 0.05) is 30.7 Å². The molecule has 7 nitrogen and oxygen atoms in total. The summed E-state index contributed by atoms with van der Waals surface area (Å²) in [5.74, 6) is 0. The lowest BCUT2D eigenvalue weighted by atomic mass is 9.85. The molecule has 0 spiro atoms. The molecule has 0 bridgehead atoms. The number of hydrogen-bond donors (Lipinski definition) is 0. The zero-order valence-corrected chi connectivity index (χ0v) is 12.2. The van der Waals surface area contributed by atoms with Crippen molar-refractivity contribution < 1.29 is 14.5 Å². The summed E-state index contributed by atoms with van der Waals surface area (Å²) >= 11 is 0. The lowest BCUT2D eigenvalue weighted by molar-refractivity contribution is -0.575. The Morgan fingerprint density at radius 2 is 2.20 bits per heavy atom. The van der Waals surface area contributed by atoms with Gasteiger partial charge in [-0.25, -0.2) is 4.79 Å². The standard InChI is InChI=1S/C13H21N3O4/c1-12(2,3)20-11(17)15-9-5-7-13(10-15,16(18)19)6-4-8-14/h4-7,9-10H2,1-3H3. The quantitative estimate of drug-likeness (QED) is 0.585. The average Bonchev–Trinajstić information content (AvgIpc) is 2.34. The van der Waals surface area contributed by atoms with Crippen LogP contribution in [-0.4, -0.2) is 40.1 Å². The first-order valence-corrected chi connectivity index (χ1v) is 6.70. The van der Waals surface area contributed by atoms with Gasteiger partial charge >= 0.3 is 6.09 Å². The van der Waals surface area contributed by atoms with Gasteiger partial charge in [0.2, 0.25) is 5.54 Å². The monoisotopic (exact) mass is 283 g/mol. The Bertz CT molecular complexity index is 424. The number of amides is 1. The van der Waals surface area contributed by atoms with Gasteiger partial charge in [-0.3, -0.25) is 10.1 Å². The lowest BCUT2D eigenvalue weighted by Gasteiger charge is -2.36. The minimum atomic E-state index is -1.22. The van der Waals surface area contributed by atoms with Gasteiger partial charge in [-0.05, 0) is 27.2 Å². The maximum Gasteiger partial charge on any atom is 0.410 e. The molecular formula is C13H21N3O4. The minimum absolute atomic E-state index is 0.0105. The van der Waals surface area contributed by atoms with Gasteiger partial charge < -0.3 is 9.64 Å². The van der Waals surface area contributed by atoms with Crippen LogP contribution in [0.4, 0.5) is 4.79 Å². The number of carbonyl (C=O) groups excluding carboxylic acids is 1. The van der Waals surface area contributed by atoms with E-state index in [1.807, 2.05) is 6.07 Å². The number of nitriles is 1. The summed E-state index contributed by atoms with van der Waals surface area (Å²) < 4.78 is 5.25. The third-order valence-corrected chi connectivity index (χ3v) is 3.30. The number of piperidine rings is 1. The van der Waals surface area contributed by atoms with Crippen molar-refractivity contribution in [3.63, 3.8) is 0 Å². The summed E-state index contributed by atoms with van der Waals surface area (Å²) in [6.45, 7) is 5.73. The normalized spacial score (nSPS) is 23.0. The van der Waals surface area contributed by atoms with Gasteiger partial charge in [0.05, 0.1) is 12.6 Å². The van der Waals surface area contributed by atoms with Crippen molar-refractivity contribution in [1.29, 1.82) is 5.26 Å².